The van der Waals surface area contributed by atoms with Gasteiger partial charge in [0, 0.05) is 12.4 Å². The molecule has 7 heteroatoms. The lowest BCUT2D eigenvalue weighted by molar-refractivity contribution is 0.102. The van der Waals surface area contributed by atoms with Crippen LogP contribution in [0.4, 0.5) is 11.4 Å². The van der Waals surface area contributed by atoms with Gasteiger partial charge in [-0.2, -0.15) is 0 Å². The molecule has 2 aromatic heterocycles. The smallest absolute Gasteiger partial charge is 0.265 e. The summed E-state index contributed by atoms with van der Waals surface area (Å²) in [6, 6.07) is 16.7. The van der Waals surface area contributed by atoms with E-state index in [1.807, 2.05) is 42.5 Å². The average Bonchev–Trinajstić information content (AvgIpc) is 3.25. The molecule has 2 amide bonds. The summed E-state index contributed by atoms with van der Waals surface area (Å²) in [5.41, 5.74) is 2.77. The van der Waals surface area contributed by atoms with Crippen molar-refractivity contribution in [2.24, 2.45) is 0 Å². The molecule has 0 spiro atoms. The van der Waals surface area contributed by atoms with E-state index in [9.17, 15) is 9.59 Å². The highest BCUT2D eigenvalue weighted by Crippen LogP contribution is 2.35. The molecule has 2 N–H and O–H groups in total. The van der Waals surface area contributed by atoms with Gasteiger partial charge in [0.1, 0.15) is 5.75 Å². The van der Waals surface area contributed by atoms with E-state index in [-0.39, 0.29) is 17.2 Å². The number of benzene rings is 2. The van der Waals surface area contributed by atoms with Crippen LogP contribution in [0.1, 0.15) is 46.4 Å². The number of anilines is 2. The van der Waals surface area contributed by atoms with E-state index in [4.69, 9.17) is 4.74 Å². The number of nitrogens with one attached hydrogen (secondary N) is 2. The number of amides is 2. The first-order chi connectivity index (χ1) is 15.8. The number of ether oxygens (including phenoxy) is 1. The van der Waals surface area contributed by atoms with Crippen molar-refractivity contribution in [3.8, 4) is 5.75 Å². The molecule has 0 unspecified atom stereocenters. The molecule has 33 heavy (non-hydrogen) atoms. The molecule has 0 saturated carbocycles. The minimum atomic E-state index is -0.251. The van der Waals surface area contributed by atoms with Gasteiger partial charge in [-0.3, -0.25) is 14.6 Å². The lowest BCUT2D eigenvalue weighted by Gasteiger charge is -2.21. The zero-order valence-corrected chi connectivity index (χ0v) is 19.7. The molecule has 0 aliphatic heterocycles. The maximum Gasteiger partial charge on any atom is 0.265 e. The molecule has 2 heterocycles. The van der Waals surface area contributed by atoms with Crippen molar-refractivity contribution < 1.29 is 14.3 Å². The number of hydrogen-bond acceptors (Lipinski definition) is 5. The molecule has 4 aromatic rings. The zero-order valence-electron chi connectivity index (χ0n) is 18.9. The quantitative estimate of drug-likeness (QED) is 0.377. The lowest BCUT2D eigenvalue weighted by atomic mass is 9.87. The Kier molecular flexibility index (Phi) is 6.16. The summed E-state index contributed by atoms with van der Waals surface area (Å²) in [7, 11) is 1.58. The first-order valence-corrected chi connectivity index (χ1v) is 11.3. The van der Waals surface area contributed by atoms with E-state index in [1.165, 1.54) is 17.5 Å². The Labute approximate surface area is 196 Å². The summed E-state index contributed by atoms with van der Waals surface area (Å²) in [6.07, 6.45) is 3.13. The normalized spacial score (nSPS) is 11.3. The Morgan fingerprint density at radius 2 is 1.73 bits per heavy atom. The second kappa shape index (κ2) is 9.03. The fraction of sp³-hybridized carbons (Fsp3) is 0.192. The molecule has 2 aromatic carbocycles. The third-order valence-electron chi connectivity index (χ3n) is 5.25. The van der Waals surface area contributed by atoms with Crippen LogP contribution in [0, 0.1) is 0 Å². The van der Waals surface area contributed by atoms with Crippen LogP contribution >= 0.6 is 11.3 Å². The Hall–Kier alpha value is -3.71. The Balaban J connectivity index is 1.62. The Morgan fingerprint density at radius 1 is 0.939 bits per heavy atom. The van der Waals surface area contributed by atoms with Gasteiger partial charge < -0.3 is 15.4 Å². The van der Waals surface area contributed by atoms with E-state index >= 15 is 0 Å². The highest BCUT2D eigenvalue weighted by molar-refractivity contribution is 7.21. The fourth-order valence-corrected chi connectivity index (χ4v) is 4.44. The summed E-state index contributed by atoms with van der Waals surface area (Å²) >= 11 is 1.33. The van der Waals surface area contributed by atoms with Crippen LogP contribution in [0.5, 0.6) is 5.75 Å². The largest absolute Gasteiger partial charge is 0.495 e. The van der Waals surface area contributed by atoms with Gasteiger partial charge in [-0.1, -0.05) is 39.0 Å². The first-order valence-electron chi connectivity index (χ1n) is 10.5. The molecule has 4 rings (SSSR count). The van der Waals surface area contributed by atoms with Gasteiger partial charge in [-0.05, 0) is 52.8 Å². The number of carbonyl (C=O) groups excluding carboxylic acids is 2. The van der Waals surface area contributed by atoms with Crippen LogP contribution in [0.3, 0.4) is 0 Å². The molecule has 168 valence electrons. The van der Waals surface area contributed by atoms with E-state index in [0.717, 1.165) is 15.6 Å². The lowest BCUT2D eigenvalue weighted by Crippen LogP contribution is -2.14. The van der Waals surface area contributed by atoms with Gasteiger partial charge in [-0.15, -0.1) is 11.3 Å². The summed E-state index contributed by atoms with van der Waals surface area (Å²) < 4.78 is 6.28. The number of carbonyl (C=O) groups is 2. The highest BCUT2D eigenvalue weighted by atomic mass is 32.1. The molecule has 6 nitrogen and oxygen atoms in total. The second-order valence-corrected chi connectivity index (χ2v) is 9.70. The third kappa shape index (κ3) is 4.88. The van der Waals surface area contributed by atoms with Crippen LogP contribution < -0.4 is 15.4 Å². The third-order valence-corrected chi connectivity index (χ3v) is 6.44. The molecular weight excluding hydrogens is 434 g/mol. The van der Waals surface area contributed by atoms with Crippen LogP contribution in [-0.2, 0) is 5.41 Å². The van der Waals surface area contributed by atoms with Gasteiger partial charge in [0.25, 0.3) is 11.8 Å². The van der Waals surface area contributed by atoms with Crippen LogP contribution in [-0.4, -0.2) is 23.9 Å². The number of pyridine rings is 1. The number of fused-ring (bicyclic) bond motifs is 1. The number of hydrogen-bond donors (Lipinski definition) is 2. The monoisotopic (exact) mass is 459 g/mol. The van der Waals surface area contributed by atoms with Crippen molar-refractivity contribution in [1.82, 2.24) is 4.98 Å². The van der Waals surface area contributed by atoms with Crippen molar-refractivity contribution in [3.05, 3.63) is 83.0 Å². The predicted molar refractivity (Wildman–Crippen MR) is 134 cm³/mol. The van der Waals surface area contributed by atoms with Gasteiger partial charge in [0.15, 0.2) is 0 Å². The molecule has 0 atom stereocenters. The first kappa shape index (κ1) is 22.5. The predicted octanol–water partition coefficient (Wildman–Crippen LogP) is 6.11. The van der Waals surface area contributed by atoms with Gasteiger partial charge >= 0.3 is 0 Å². The fourth-order valence-electron chi connectivity index (χ4n) is 3.42. The number of thiophene rings is 1. The van der Waals surface area contributed by atoms with Crippen molar-refractivity contribution in [2.45, 2.75) is 26.2 Å². The zero-order chi connectivity index (χ0) is 23.6. The number of aromatic nitrogens is 1. The molecule has 0 saturated heterocycles. The highest BCUT2D eigenvalue weighted by Gasteiger charge is 2.19. The van der Waals surface area contributed by atoms with Crippen molar-refractivity contribution >= 4 is 44.6 Å². The molecule has 0 radical (unpaired) electrons. The second-order valence-electron chi connectivity index (χ2n) is 8.65. The Bertz CT molecular complexity index is 1320. The molecule has 0 fully saturated rings. The topological polar surface area (TPSA) is 80.3 Å². The number of nitrogens with zero attached hydrogens (tertiary/aromatic N) is 1. The minimum absolute atomic E-state index is 0.0647. The molecule has 0 aliphatic rings. The van der Waals surface area contributed by atoms with Crippen molar-refractivity contribution in [2.75, 3.05) is 17.7 Å². The summed E-state index contributed by atoms with van der Waals surface area (Å²) in [5.74, 6) is 0.116. The summed E-state index contributed by atoms with van der Waals surface area (Å²) in [4.78, 5) is 30.2. The maximum atomic E-state index is 13.1. The number of methoxy groups -OCH3 is 1. The molecule has 0 aliphatic carbocycles. The van der Waals surface area contributed by atoms with E-state index in [2.05, 4.69) is 36.4 Å². The van der Waals surface area contributed by atoms with Gasteiger partial charge in [0.05, 0.1) is 33.6 Å². The van der Waals surface area contributed by atoms with Gasteiger partial charge in [0.2, 0.25) is 0 Å². The summed E-state index contributed by atoms with van der Waals surface area (Å²) in [5, 5.41) is 6.79. The standard InChI is InChI=1S/C26H25N3O3S/c1-26(2,3)18-10-11-21(32-4)20(14-18)29-25(31)22-13-16-7-5-9-19(23(16)33-22)28-24(30)17-8-6-12-27-15-17/h5-15H,1-4H3,(H,28,30)(H,29,31). The van der Waals surface area contributed by atoms with E-state index < -0.39 is 0 Å². The minimum Gasteiger partial charge on any atom is -0.495 e. The van der Waals surface area contributed by atoms with Crippen molar-refractivity contribution in [3.63, 3.8) is 0 Å². The van der Waals surface area contributed by atoms with Gasteiger partial charge in [-0.25, -0.2) is 0 Å². The molecular formula is C26H25N3O3S. The SMILES string of the molecule is COc1ccc(C(C)(C)C)cc1NC(=O)c1cc2cccc(NC(=O)c3cccnc3)c2s1. The number of rotatable bonds is 5. The average molecular weight is 460 g/mol. The van der Waals surface area contributed by atoms with Crippen molar-refractivity contribution in [1.29, 1.82) is 0 Å². The van der Waals surface area contributed by atoms with Crippen LogP contribution in [0.25, 0.3) is 10.1 Å². The van der Waals surface area contributed by atoms with Crippen LogP contribution in [0.15, 0.2) is 67.0 Å². The maximum absolute atomic E-state index is 13.1. The molecule has 0 bridgehead atoms. The van der Waals surface area contributed by atoms with Crippen LogP contribution in [0.2, 0.25) is 0 Å². The Morgan fingerprint density at radius 3 is 2.42 bits per heavy atom. The van der Waals surface area contributed by atoms with E-state index in [1.54, 1.807) is 25.4 Å². The summed E-state index contributed by atoms with van der Waals surface area (Å²) in [6.45, 7) is 6.36. The van der Waals surface area contributed by atoms with E-state index in [0.29, 0.717) is 27.6 Å².